The van der Waals surface area contributed by atoms with Crippen LogP contribution in [0, 0.1) is 11.3 Å². The summed E-state index contributed by atoms with van der Waals surface area (Å²) in [6.07, 6.45) is 3.58. The molecule has 0 aliphatic carbocycles. The first kappa shape index (κ1) is 24.9. The molecule has 0 radical (unpaired) electrons. The topological polar surface area (TPSA) is 74.5 Å². The second-order valence-corrected chi connectivity index (χ2v) is 8.70. The SMILES string of the molecule is CCOc1ccc(C2N=C(CC)NC(CCC=O)=C2Cc2ccc(-c3ccccc3C#N)cc2)cc1. The maximum Gasteiger partial charge on any atom is 0.120 e. The summed E-state index contributed by atoms with van der Waals surface area (Å²) >= 11 is 0. The van der Waals surface area contributed by atoms with Crippen LogP contribution in [0.4, 0.5) is 0 Å². The number of aliphatic imine (C=N–C) groups is 1. The molecule has 3 aromatic rings. The lowest BCUT2D eigenvalue weighted by Gasteiger charge is -2.29. The van der Waals surface area contributed by atoms with E-state index in [1.54, 1.807) is 0 Å². The Hall–Kier alpha value is -4.17. The van der Waals surface area contributed by atoms with Crippen LogP contribution in [-0.2, 0) is 11.2 Å². The minimum Gasteiger partial charge on any atom is -0.494 e. The molecule has 0 saturated heterocycles. The number of carbonyl (C=O) groups is 1. The maximum absolute atomic E-state index is 11.2. The zero-order valence-corrected chi connectivity index (χ0v) is 20.8. The van der Waals surface area contributed by atoms with E-state index >= 15 is 0 Å². The number of nitrogens with zero attached hydrogens (tertiary/aromatic N) is 2. The van der Waals surface area contributed by atoms with Gasteiger partial charge in [-0.1, -0.05) is 61.5 Å². The molecule has 0 saturated carbocycles. The molecule has 0 fully saturated rings. The fraction of sp³-hybridized carbons (Fsp3) is 0.258. The number of hydrogen-bond acceptors (Lipinski definition) is 5. The van der Waals surface area contributed by atoms with Crippen molar-refractivity contribution in [2.75, 3.05) is 6.61 Å². The molecular formula is C31H31N3O2. The van der Waals surface area contributed by atoms with E-state index in [2.05, 4.69) is 54.7 Å². The van der Waals surface area contributed by atoms with Crippen LogP contribution in [-0.4, -0.2) is 18.7 Å². The Morgan fingerprint density at radius 1 is 1.03 bits per heavy atom. The van der Waals surface area contributed by atoms with Crippen LogP contribution in [0.3, 0.4) is 0 Å². The van der Waals surface area contributed by atoms with Gasteiger partial charge in [0, 0.05) is 18.5 Å². The predicted molar refractivity (Wildman–Crippen MR) is 144 cm³/mol. The Bertz CT molecular complexity index is 1300. The number of benzene rings is 3. The summed E-state index contributed by atoms with van der Waals surface area (Å²) in [6, 6.07) is 26.3. The average Bonchev–Trinajstić information content (AvgIpc) is 2.93. The highest BCUT2D eigenvalue weighted by molar-refractivity contribution is 5.85. The summed E-state index contributed by atoms with van der Waals surface area (Å²) in [7, 11) is 0. The largest absolute Gasteiger partial charge is 0.494 e. The highest BCUT2D eigenvalue weighted by atomic mass is 16.5. The number of amidine groups is 1. The fourth-order valence-electron chi connectivity index (χ4n) is 4.54. The first-order chi connectivity index (χ1) is 17.7. The van der Waals surface area contributed by atoms with Crippen molar-refractivity contribution in [2.45, 2.75) is 45.6 Å². The Labute approximate surface area is 213 Å². The van der Waals surface area contributed by atoms with Crippen LogP contribution in [0.5, 0.6) is 5.75 Å². The molecule has 1 N–H and O–H groups in total. The number of nitrogens with one attached hydrogen (secondary N) is 1. The van der Waals surface area contributed by atoms with Gasteiger partial charge in [0.2, 0.25) is 0 Å². The normalized spacial score (nSPS) is 15.0. The van der Waals surface area contributed by atoms with Crippen LogP contribution in [0.1, 0.15) is 55.8 Å². The molecule has 0 bridgehead atoms. The van der Waals surface area contributed by atoms with E-state index in [0.29, 0.717) is 31.4 Å². The lowest BCUT2D eigenvalue weighted by atomic mass is 9.89. The van der Waals surface area contributed by atoms with Crippen molar-refractivity contribution >= 4 is 12.1 Å². The third-order valence-electron chi connectivity index (χ3n) is 6.36. The van der Waals surface area contributed by atoms with Gasteiger partial charge >= 0.3 is 0 Å². The molecule has 1 aliphatic heterocycles. The van der Waals surface area contributed by atoms with Crippen LogP contribution in [0.15, 0.2) is 89.1 Å². The second-order valence-electron chi connectivity index (χ2n) is 8.70. The molecule has 5 nitrogen and oxygen atoms in total. The molecule has 1 aliphatic rings. The molecule has 4 rings (SSSR count). The molecule has 36 heavy (non-hydrogen) atoms. The van der Waals surface area contributed by atoms with Gasteiger partial charge in [-0.05, 0) is 65.8 Å². The van der Waals surface area contributed by atoms with Crippen molar-refractivity contribution in [1.82, 2.24) is 5.32 Å². The molecule has 5 heteroatoms. The Kier molecular flexibility index (Phi) is 8.31. The van der Waals surface area contributed by atoms with Crippen molar-refractivity contribution in [1.29, 1.82) is 5.26 Å². The summed E-state index contributed by atoms with van der Waals surface area (Å²) in [5.41, 5.74) is 7.11. The van der Waals surface area contributed by atoms with Crippen LogP contribution in [0.2, 0.25) is 0 Å². The van der Waals surface area contributed by atoms with E-state index in [0.717, 1.165) is 52.2 Å². The quantitative estimate of drug-likeness (QED) is 0.336. The number of aldehydes is 1. The molecule has 0 aromatic heterocycles. The van der Waals surface area contributed by atoms with Gasteiger partial charge in [-0.25, -0.2) is 0 Å². The molecule has 1 heterocycles. The predicted octanol–water partition coefficient (Wildman–Crippen LogP) is 6.55. The molecule has 1 atom stereocenters. The molecular weight excluding hydrogens is 446 g/mol. The van der Waals surface area contributed by atoms with Gasteiger partial charge in [0.15, 0.2) is 0 Å². The highest BCUT2D eigenvalue weighted by Crippen LogP contribution is 2.35. The molecule has 3 aromatic carbocycles. The number of allylic oxidation sites excluding steroid dienone is 1. The van der Waals surface area contributed by atoms with Crippen molar-refractivity contribution in [3.8, 4) is 22.9 Å². The third-order valence-corrected chi connectivity index (χ3v) is 6.36. The Balaban J connectivity index is 1.68. The monoisotopic (exact) mass is 477 g/mol. The minimum absolute atomic E-state index is 0.127. The van der Waals surface area contributed by atoms with Gasteiger partial charge in [-0.3, -0.25) is 4.99 Å². The lowest BCUT2D eigenvalue weighted by molar-refractivity contribution is -0.107. The minimum atomic E-state index is -0.127. The second kappa shape index (κ2) is 12.0. The van der Waals surface area contributed by atoms with E-state index in [1.807, 2.05) is 43.3 Å². The molecule has 182 valence electrons. The summed E-state index contributed by atoms with van der Waals surface area (Å²) in [5.74, 6) is 1.77. The number of nitriles is 1. The zero-order chi connectivity index (χ0) is 25.3. The van der Waals surface area contributed by atoms with Crippen LogP contribution < -0.4 is 10.1 Å². The summed E-state index contributed by atoms with van der Waals surface area (Å²) in [5, 5.41) is 13.0. The number of carbonyl (C=O) groups excluding carboxylic acids is 1. The molecule has 0 amide bonds. The summed E-state index contributed by atoms with van der Waals surface area (Å²) in [4.78, 5) is 16.3. The zero-order valence-electron chi connectivity index (χ0n) is 20.8. The lowest BCUT2D eigenvalue weighted by Crippen LogP contribution is -2.30. The summed E-state index contributed by atoms with van der Waals surface area (Å²) in [6.45, 7) is 4.69. The van der Waals surface area contributed by atoms with Gasteiger partial charge in [-0.15, -0.1) is 0 Å². The average molecular weight is 478 g/mol. The van der Waals surface area contributed by atoms with E-state index in [1.165, 1.54) is 5.57 Å². The Morgan fingerprint density at radius 2 is 1.78 bits per heavy atom. The maximum atomic E-state index is 11.2. The first-order valence-electron chi connectivity index (χ1n) is 12.5. The van der Waals surface area contributed by atoms with E-state index < -0.39 is 0 Å². The van der Waals surface area contributed by atoms with Crippen molar-refractivity contribution in [3.05, 3.63) is 101 Å². The standard InChI is InChI=1S/C31H31N3O2/c1-3-30-33-29(10-7-19-35)28(31(34-30)24-15-17-26(18-16-24)36-4-2)20-22-11-13-23(14-12-22)27-9-6-5-8-25(27)21-32/h5-6,8-9,11-19,31H,3-4,7,10,20H2,1-2H3,(H,33,34). The smallest absolute Gasteiger partial charge is 0.120 e. The third kappa shape index (κ3) is 5.72. The van der Waals surface area contributed by atoms with Crippen LogP contribution >= 0.6 is 0 Å². The molecule has 1 unspecified atom stereocenters. The number of hydrogen-bond donors (Lipinski definition) is 1. The number of rotatable bonds is 10. The Morgan fingerprint density at radius 3 is 2.44 bits per heavy atom. The van der Waals surface area contributed by atoms with Crippen molar-refractivity contribution in [2.24, 2.45) is 4.99 Å². The van der Waals surface area contributed by atoms with Crippen LogP contribution in [0.25, 0.3) is 11.1 Å². The molecule has 0 spiro atoms. The van der Waals surface area contributed by atoms with Gasteiger partial charge < -0.3 is 14.8 Å². The van der Waals surface area contributed by atoms with Crippen molar-refractivity contribution < 1.29 is 9.53 Å². The van der Waals surface area contributed by atoms with Gasteiger partial charge in [0.1, 0.15) is 23.9 Å². The number of ether oxygens (including phenoxy) is 1. The first-order valence-corrected chi connectivity index (χ1v) is 12.5. The fourth-order valence-corrected chi connectivity index (χ4v) is 4.54. The van der Waals surface area contributed by atoms with Gasteiger partial charge in [0.05, 0.1) is 18.2 Å². The van der Waals surface area contributed by atoms with Crippen molar-refractivity contribution in [3.63, 3.8) is 0 Å². The van der Waals surface area contributed by atoms with E-state index in [-0.39, 0.29) is 6.04 Å². The highest BCUT2D eigenvalue weighted by Gasteiger charge is 2.25. The summed E-state index contributed by atoms with van der Waals surface area (Å²) < 4.78 is 5.63. The van der Waals surface area contributed by atoms with Gasteiger partial charge in [-0.2, -0.15) is 5.26 Å². The van der Waals surface area contributed by atoms with E-state index in [4.69, 9.17) is 9.73 Å². The van der Waals surface area contributed by atoms with Gasteiger partial charge in [0.25, 0.3) is 0 Å². The van der Waals surface area contributed by atoms with E-state index in [9.17, 15) is 10.1 Å².